The fraction of sp³-hybridized carbons (Fsp3) is 0.533. The molecule has 0 aromatic heterocycles. The largest absolute Gasteiger partial charge is 0.466 e. The molecule has 6 heteroatoms. The van der Waals surface area contributed by atoms with Crippen molar-refractivity contribution in [2.24, 2.45) is 0 Å². The number of nitrogens with zero attached hydrogens (tertiary/aromatic N) is 1. The summed E-state index contributed by atoms with van der Waals surface area (Å²) in [7, 11) is 3.29. The van der Waals surface area contributed by atoms with E-state index in [9.17, 15) is 18.0 Å². The van der Waals surface area contributed by atoms with Crippen LogP contribution in [-0.2, 0) is 21.2 Å². The molecule has 1 rings (SSSR count). The number of rotatable bonds is 5. The number of carbonyl (C=O) groups excluding carboxylic acids is 1. The molecule has 0 aliphatic rings. The third-order valence-corrected chi connectivity index (χ3v) is 3.59. The summed E-state index contributed by atoms with van der Waals surface area (Å²) in [6.07, 6.45) is -4.62. The summed E-state index contributed by atoms with van der Waals surface area (Å²) in [5.74, 6) is -0.523. The molecule has 0 amide bonds. The third kappa shape index (κ3) is 3.97. The Kier molecular flexibility index (Phi) is 5.39. The average molecular weight is 303 g/mol. The van der Waals surface area contributed by atoms with E-state index in [4.69, 9.17) is 4.74 Å². The van der Waals surface area contributed by atoms with Crippen molar-refractivity contribution < 1.29 is 22.7 Å². The standard InChI is InChI=1S/C15H20F3NO2/c1-5-21-13(20)10-14(2,19(3)4)11-8-6-7-9-12(11)15(16,17)18/h6-9H,5,10H2,1-4H3. The van der Waals surface area contributed by atoms with Crippen molar-refractivity contribution in [3.8, 4) is 0 Å². The van der Waals surface area contributed by atoms with Gasteiger partial charge in [0, 0.05) is 0 Å². The molecule has 1 aromatic rings. The smallest absolute Gasteiger partial charge is 0.416 e. The molecule has 0 spiro atoms. The number of ether oxygens (including phenoxy) is 1. The molecule has 0 saturated carbocycles. The van der Waals surface area contributed by atoms with Crippen LogP contribution >= 0.6 is 0 Å². The monoisotopic (exact) mass is 303 g/mol. The minimum absolute atomic E-state index is 0.0653. The van der Waals surface area contributed by atoms with Gasteiger partial charge in [-0.2, -0.15) is 13.2 Å². The summed E-state index contributed by atoms with van der Waals surface area (Å²) in [6, 6.07) is 5.31. The number of hydrogen-bond acceptors (Lipinski definition) is 3. The van der Waals surface area contributed by atoms with Crippen molar-refractivity contribution in [2.75, 3.05) is 20.7 Å². The Balaban J connectivity index is 3.33. The minimum Gasteiger partial charge on any atom is -0.466 e. The lowest BCUT2D eigenvalue weighted by molar-refractivity contribution is -0.148. The highest BCUT2D eigenvalue weighted by Gasteiger charge is 2.41. The predicted molar refractivity (Wildman–Crippen MR) is 73.7 cm³/mol. The summed E-state index contributed by atoms with van der Waals surface area (Å²) in [6.45, 7) is 3.46. The van der Waals surface area contributed by atoms with Crippen molar-refractivity contribution in [3.63, 3.8) is 0 Å². The lowest BCUT2D eigenvalue weighted by Gasteiger charge is -2.37. The van der Waals surface area contributed by atoms with Crippen LogP contribution in [0, 0.1) is 0 Å². The molecule has 0 radical (unpaired) electrons. The first kappa shape index (κ1) is 17.5. The molecule has 3 nitrogen and oxygen atoms in total. The Hall–Kier alpha value is -1.56. The highest BCUT2D eigenvalue weighted by atomic mass is 19.4. The number of benzene rings is 1. The Bertz CT molecular complexity index is 500. The van der Waals surface area contributed by atoms with Crippen LogP contribution in [0.15, 0.2) is 24.3 Å². The number of alkyl halides is 3. The number of carbonyl (C=O) groups is 1. The molecule has 0 aliphatic heterocycles. The molecule has 0 fully saturated rings. The molecule has 1 unspecified atom stereocenters. The van der Waals surface area contributed by atoms with Gasteiger partial charge in [0.05, 0.1) is 24.1 Å². The van der Waals surface area contributed by atoms with Gasteiger partial charge in [-0.1, -0.05) is 18.2 Å². The van der Waals surface area contributed by atoms with Crippen LogP contribution in [0.1, 0.15) is 31.4 Å². The van der Waals surface area contributed by atoms with Crippen LogP contribution in [0.2, 0.25) is 0 Å². The number of hydrogen-bond donors (Lipinski definition) is 0. The second kappa shape index (κ2) is 6.47. The SMILES string of the molecule is CCOC(=O)CC(C)(c1ccccc1C(F)(F)F)N(C)C. The maximum atomic E-state index is 13.2. The molecule has 0 heterocycles. The highest BCUT2D eigenvalue weighted by molar-refractivity contribution is 5.71. The second-order valence-corrected chi connectivity index (χ2v) is 5.19. The van der Waals surface area contributed by atoms with E-state index >= 15 is 0 Å². The Morgan fingerprint density at radius 1 is 1.19 bits per heavy atom. The molecule has 0 bridgehead atoms. The van der Waals surface area contributed by atoms with Crippen LogP contribution in [0.5, 0.6) is 0 Å². The van der Waals surface area contributed by atoms with E-state index in [1.807, 2.05) is 0 Å². The van der Waals surface area contributed by atoms with E-state index in [0.29, 0.717) is 0 Å². The van der Waals surface area contributed by atoms with E-state index in [1.165, 1.54) is 18.2 Å². The Morgan fingerprint density at radius 2 is 1.71 bits per heavy atom. The maximum absolute atomic E-state index is 13.2. The fourth-order valence-corrected chi connectivity index (χ4v) is 2.19. The van der Waals surface area contributed by atoms with Gasteiger partial charge in [0.1, 0.15) is 0 Å². The van der Waals surface area contributed by atoms with Gasteiger partial charge < -0.3 is 4.74 Å². The molecule has 0 saturated heterocycles. The maximum Gasteiger partial charge on any atom is 0.416 e. The topological polar surface area (TPSA) is 29.5 Å². The zero-order valence-electron chi connectivity index (χ0n) is 12.6. The number of halogens is 3. The van der Waals surface area contributed by atoms with Crippen LogP contribution in [0.25, 0.3) is 0 Å². The van der Waals surface area contributed by atoms with Gasteiger partial charge in [-0.25, -0.2) is 0 Å². The Morgan fingerprint density at radius 3 is 2.14 bits per heavy atom. The van der Waals surface area contributed by atoms with Gasteiger partial charge in [-0.05, 0) is 39.6 Å². The summed E-state index contributed by atoms with van der Waals surface area (Å²) < 4.78 is 44.5. The van der Waals surface area contributed by atoms with E-state index in [-0.39, 0.29) is 18.6 Å². The third-order valence-electron chi connectivity index (χ3n) is 3.59. The van der Waals surface area contributed by atoms with Crippen molar-refractivity contribution >= 4 is 5.97 Å². The molecule has 0 aliphatic carbocycles. The van der Waals surface area contributed by atoms with Gasteiger partial charge in [-0.3, -0.25) is 9.69 Å². The molecule has 1 atom stereocenters. The van der Waals surface area contributed by atoms with E-state index in [0.717, 1.165) is 6.07 Å². The van der Waals surface area contributed by atoms with E-state index in [2.05, 4.69) is 0 Å². The summed E-state index contributed by atoms with van der Waals surface area (Å²) >= 11 is 0. The Labute approximate surface area is 122 Å². The first-order valence-corrected chi connectivity index (χ1v) is 6.62. The van der Waals surface area contributed by atoms with Gasteiger partial charge >= 0.3 is 12.1 Å². The molecule has 1 aromatic carbocycles. The number of esters is 1. The van der Waals surface area contributed by atoms with E-state index in [1.54, 1.807) is 32.8 Å². The molecule has 118 valence electrons. The van der Waals surface area contributed by atoms with Crippen molar-refractivity contribution in [2.45, 2.75) is 32.0 Å². The van der Waals surface area contributed by atoms with E-state index < -0.39 is 23.2 Å². The van der Waals surface area contributed by atoms with Crippen LogP contribution in [0.4, 0.5) is 13.2 Å². The van der Waals surface area contributed by atoms with Crippen LogP contribution < -0.4 is 0 Å². The van der Waals surface area contributed by atoms with Gasteiger partial charge in [0.2, 0.25) is 0 Å². The van der Waals surface area contributed by atoms with Gasteiger partial charge in [0.15, 0.2) is 0 Å². The molecule has 21 heavy (non-hydrogen) atoms. The zero-order chi connectivity index (χ0) is 16.3. The first-order chi connectivity index (χ1) is 9.63. The predicted octanol–water partition coefficient (Wildman–Crippen LogP) is 3.44. The van der Waals surface area contributed by atoms with Crippen molar-refractivity contribution in [1.82, 2.24) is 4.90 Å². The normalized spacial score (nSPS) is 14.9. The van der Waals surface area contributed by atoms with Gasteiger partial charge in [0.25, 0.3) is 0 Å². The van der Waals surface area contributed by atoms with Crippen molar-refractivity contribution in [3.05, 3.63) is 35.4 Å². The summed E-state index contributed by atoms with van der Waals surface area (Å²) in [5.41, 5.74) is -1.76. The lowest BCUT2D eigenvalue weighted by Crippen LogP contribution is -2.42. The van der Waals surface area contributed by atoms with Crippen LogP contribution in [-0.4, -0.2) is 31.6 Å². The summed E-state index contributed by atoms with van der Waals surface area (Å²) in [5, 5.41) is 0. The van der Waals surface area contributed by atoms with Gasteiger partial charge in [-0.15, -0.1) is 0 Å². The second-order valence-electron chi connectivity index (χ2n) is 5.19. The van der Waals surface area contributed by atoms with Crippen molar-refractivity contribution in [1.29, 1.82) is 0 Å². The molecular weight excluding hydrogens is 283 g/mol. The molecular formula is C15H20F3NO2. The lowest BCUT2D eigenvalue weighted by atomic mass is 9.84. The average Bonchev–Trinajstić information content (AvgIpc) is 2.37. The van der Waals surface area contributed by atoms with Crippen LogP contribution in [0.3, 0.4) is 0 Å². The summed E-state index contributed by atoms with van der Waals surface area (Å²) in [4.78, 5) is 13.4. The zero-order valence-corrected chi connectivity index (χ0v) is 12.6. The molecule has 0 N–H and O–H groups in total. The quantitative estimate of drug-likeness (QED) is 0.780. The fourth-order valence-electron chi connectivity index (χ4n) is 2.19. The first-order valence-electron chi connectivity index (χ1n) is 6.62. The minimum atomic E-state index is -4.47. The highest BCUT2D eigenvalue weighted by Crippen LogP contribution is 2.40.